The molecule has 0 saturated carbocycles. The van der Waals surface area contributed by atoms with Crippen molar-refractivity contribution in [1.82, 2.24) is 19.9 Å². The first-order valence-corrected chi connectivity index (χ1v) is 8.55. The van der Waals surface area contributed by atoms with Crippen LogP contribution in [0, 0.1) is 5.82 Å². The van der Waals surface area contributed by atoms with Gasteiger partial charge in [-0.05, 0) is 36.2 Å². The quantitative estimate of drug-likeness (QED) is 0.673. The molecule has 5 nitrogen and oxygen atoms in total. The van der Waals surface area contributed by atoms with Crippen molar-refractivity contribution in [3.05, 3.63) is 71.4 Å². The maximum atomic E-state index is 14.5. The van der Waals surface area contributed by atoms with Crippen molar-refractivity contribution in [2.24, 2.45) is 0 Å². The maximum Gasteiger partial charge on any atom is 0.199 e. The number of nitrogens with zero attached hydrogens (tertiary/aromatic N) is 5. The lowest BCUT2D eigenvalue weighted by atomic mass is 10.0. The Morgan fingerprint density at radius 2 is 1.88 bits per heavy atom. The van der Waals surface area contributed by atoms with Gasteiger partial charge in [0.2, 0.25) is 0 Å². The van der Waals surface area contributed by atoms with Crippen LogP contribution in [0.3, 0.4) is 0 Å². The van der Waals surface area contributed by atoms with Gasteiger partial charge in [0.15, 0.2) is 11.6 Å². The second-order valence-corrected chi connectivity index (χ2v) is 6.34. The summed E-state index contributed by atoms with van der Waals surface area (Å²) in [5.41, 5.74) is 1.86. The number of hydrogen-bond donors (Lipinski definition) is 0. The van der Waals surface area contributed by atoms with E-state index in [-0.39, 0.29) is 11.9 Å². The van der Waals surface area contributed by atoms with E-state index >= 15 is 0 Å². The van der Waals surface area contributed by atoms with Gasteiger partial charge in [0.05, 0.1) is 6.04 Å². The summed E-state index contributed by atoms with van der Waals surface area (Å²) in [6, 6.07) is 6.50. The molecule has 26 heavy (non-hydrogen) atoms. The van der Waals surface area contributed by atoms with Crippen molar-refractivity contribution in [3.63, 3.8) is 0 Å². The van der Waals surface area contributed by atoms with Crippen LogP contribution in [0.2, 0.25) is 5.02 Å². The van der Waals surface area contributed by atoms with E-state index in [1.165, 1.54) is 6.07 Å². The summed E-state index contributed by atoms with van der Waals surface area (Å²) in [7, 11) is 0. The number of anilines is 1. The fourth-order valence-electron chi connectivity index (χ4n) is 3.31. The van der Waals surface area contributed by atoms with Crippen molar-refractivity contribution in [1.29, 1.82) is 0 Å². The molecule has 1 unspecified atom stereocenters. The van der Waals surface area contributed by atoms with Gasteiger partial charge < -0.3 is 4.90 Å². The third-order valence-corrected chi connectivity index (χ3v) is 4.59. The summed E-state index contributed by atoms with van der Waals surface area (Å²) < 4.78 is 14.5. The summed E-state index contributed by atoms with van der Waals surface area (Å²) >= 11 is 6.07. The van der Waals surface area contributed by atoms with Gasteiger partial charge in [-0.25, -0.2) is 24.3 Å². The molecule has 0 spiro atoms. The zero-order valence-corrected chi connectivity index (χ0v) is 14.8. The van der Waals surface area contributed by atoms with Crippen molar-refractivity contribution in [3.8, 4) is 11.6 Å². The van der Waals surface area contributed by atoms with Crippen LogP contribution in [-0.4, -0.2) is 19.9 Å². The highest BCUT2D eigenvalue weighted by molar-refractivity contribution is 6.30. The Bertz CT molecular complexity index is 992. The summed E-state index contributed by atoms with van der Waals surface area (Å²) in [5.74, 6) is 1.07. The topological polar surface area (TPSA) is 54.8 Å². The molecule has 3 aromatic rings. The summed E-state index contributed by atoms with van der Waals surface area (Å²) in [5, 5.41) is 0.371. The third-order valence-electron chi connectivity index (χ3n) is 4.38. The summed E-state index contributed by atoms with van der Waals surface area (Å²) in [6.45, 7) is 6.12. The van der Waals surface area contributed by atoms with Crippen LogP contribution >= 0.6 is 11.6 Å². The largest absolute Gasteiger partial charge is 0.319 e. The molecular formula is C19H15ClFN5. The number of hydrogen-bond acceptors (Lipinski definition) is 5. The van der Waals surface area contributed by atoms with Crippen LogP contribution in [0.5, 0.6) is 0 Å². The minimum atomic E-state index is -0.376. The lowest BCUT2D eigenvalue weighted by Crippen LogP contribution is -2.21. The fourth-order valence-corrected chi connectivity index (χ4v) is 3.53. The van der Waals surface area contributed by atoms with Gasteiger partial charge in [-0.15, -0.1) is 0 Å². The molecule has 130 valence electrons. The van der Waals surface area contributed by atoms with Crippen LogP contribution in [0.15, 0.2) is 49.4 Å². The normalized spacial score (nSPS) is 16.0. The molecule has 0 saturated heterocycles. The molecule has 1 aliphatic rings. The Kier molecular flexibility index (Phi) is 4.12. The molecule has 0 aliphatic carbocycles. The zero-order valence-electron chi connectivity index (χ0n) is 14.0. The third kappa shape index (κ3) is 2.63. The maximum absolute atomic E-state index is 14.5. The van der Waals surface area contributed by atoms with Crippen molar-refractivity contribution < 1.29 is 4.39 Å². The van der Waals surface area contributed by atoms with Crippen LogP contribution in [0.1, 0.15) is 30.5 Å². The number of benzene rings is 1. The molecule has 7 heteroatoms. The second-order valence-electron chi connectivity index (χ2n) is 5.90. The molecule has 1 aromatic carbocycles. The van der Waals surface area contributed by atoms with Crippen molar-refractivity contribution in [2.75, 3.05) is 4.90 Å². The average Bonchev–Trinajstić information content (AvgIpc) is 2.94. The van der Waals surface area contributed by atoms with Gasteiger partial charge in [-0.1, -0.05) is 25.1 Å². The molecular weight excluding hydrogens is 353 g/mol. The number of rotatable bonds is 3. The van der Waals surface area contributed by atoms with Crippen LogP contribution in [-0.2, 0) is 0 Å². The van der Waals surface area contributed by atoms with Gasteiger partial charge in [0.1, 0.15) is 11.6 Å². The molecule has 1 aliphatic heterocycles. The Balaban J connectivity index is 1.81. The zero-order chi connectivity index (χ0) is 18.3. The molecule has 2 aromatic heterocycles. The van der Waals surface area contributed by atoms with Gasteiger partial charge in [0, 0.05) is 34.9 Å². The van der Waals surface area contributed by atoms with E-state index in [2.05, 4.69) is 26.5 Å². The Morgan fingerprint density at radius 3 is 2.62 bits per heavy atom. The van der Waals surface area contributed by atoms with E-state index in [1.807, 2.05) is 11.8 Å². The van der Waals surface area contributed by atoms with Crippen molar-refractivity contribution >= 4 is 23.1 Å². The molecule has 0 fully saturated rings. The highest BCUT2D eigenvalue weighted by Gasteiger charge is 2.36. The molecule has 3 heterocycles. The van der Waals surface area contributed by atoms with E-state index in [4.69, 9.17) is 11.6 Å². The van der Waals surface area contributed by atoms with E-state index < -0.39 is 0 Å². The van der Waals surface area contributed by atoms with Crippen LogP contribution in [0.4, 0.5) is 10.2 Å². The smallest absolute Gasteiger partial charge is 0.199 e. The molecule has 0 bridgehead atoms. The predicted molar refractivity (Wildman–Crippen MR) is 99.0 cm³/mol. The standard InChI is InChI=1S/C19H15ClFN5/c1-3-15-13-9-12(20)10-14(21)17(13)11(2)26(15)16-5-8-24-19(25-16)18-22-6-4-7-23-18/h4-10,15H,2-3H2,1H3. The van der Waals surface area contributed by atoms with Gasteiger partial charge >= 0.3 is 0 Å². The Hall–Kier alpha value is -2.86. The van der Waals surface area contributed by atoms with Gasteiger partial charge in [-0.3, -0.25) is 0 Å². The number of fused-ring (bicyclic) bond motifs is 1. The number of aromatic nitrogens is 4. The minimum absolute atomic E-state index is 0.106. The van der Waals surface area contributed by atoms with Gasteiger partial charge in [0.25, 0.3) is 0 Å². The van der Waals surface area contributed by atoms with E-state index in [9.17, 15) is 4.39 Å². The Morgan fingerprint density at radius 1 is 1.15 bits per heavy atom. The first-order valence-electron chi connectivity index (χ1n) is 8.18. The second kappa shape index (κ2) is 6.46. The first kappa shape index (κ1) is 16.6. The highest BCUT2D eigenvalue weighted by Crippen LogP contribution is 2.46. The van der Waals surface area contributed by atoms with Crippen molar-refractivity contribution in [2.45, 2.75) is 19.4 Å². The fraction of sp³-hybridized carbons (Fsp3) is 0.158. The summed E-state index contributed by atoms with van der Waals surface area (Å²) in [4.78, 5) is 19.1. The molecule has 0 radical (unpaired) electrons. The lowest BCUT2D eigenvalue weighted by molar-refractivity contribution is 0.621. The van der Waals surface area contributed by atoms with E-state index in [1.54, 1.807) is 36.8 Å². The van der Waals surface area contributed by atoms with E-state index in [0.29, 0.717) is 33.7 Å². The predicted octanol–water partition coefficient (Wildman–Crippen LogP) is 4.67. The number of halogens is 2. The van der Waals surface area contributed by atoms with Crippen LogP contribution in [0.25, 0.3) is 17.3 Å². The Labute approximate surface area is 155 Å². The molecule has 0 N–H and O–H groups in total. The minimum Gasteiger partial charge on any atom is -0.319 e. The monoisotopic (exact) mass is 367 g/mol. The average molecular weight is 368 g/mol. The molecule has 0 amide bonds. The highest BCUT2D eigenvalue weighted by atomic mass is 35.5. The molecule has 4 rings (SSSR count). The van der Waals surface area contributed by atoms with Crippen LogP contribution < -0.4 is 4.90 Å². The first-order chi connectivity index (χ1) is 12.6. The summed E-state index contributed by atoms with van der Waals surface area (Å²) in [6.07, 6.45) is 5.65. The SMILES string of the molecule is C=C1c2c(F)cc(Cl)cc2C(CC)N1c1ccnc(-c2ncccn2)n1. The lowest BCUT2D eigenvalue weighted by Gasteiger charge is -2.26. The van der Waals surface area contributed by atoms with Gasteiger partial charge in [-0.2, -0.15) is 0 Å². The van der Waals surface area contributed by atoms with E-state index in [0.717, 1.165) is 12.0 Å². The molecule has 1 atom stereocenters.